The third-order valence-electron chi connectivity index (χ3n) is 0.690. The maximum Gasteiger partial charge on any atom is 0.0313 e. The van der Waals surface area contributed by atoms with E-state index in [0.717, 1.165) is 6.42 Å². The summed E-state index contributed by atoms with van der Waals surface area (Å²) in [5, 5.41) is 0.310. The molecule has 0 aromatic rings. The first kappa shape index (κ1) is 7.29. The molecule has 0 aromatic heterocycles. The van der Waals surface area contributed by atoms with E-state index in [2.05, 4.69) is 13.8 Å². The predicted molar refractivity (Wildman–Crippen MR) is 34.5 cm³/mol. The second-order valence-corrected chi connectivity index (χ2v) is 2.94. The lowest BCUT2D eigenvalue weighted by atomic mass is 10.1. The zero-order valence-electron chi connectivity index (χ0n) is 5.16. The average Bonchev–Trinajstić information content (AvgIpc) is 1.27. The van der Waals surface area contributed by atoms with E-state index in [-0.39, 0.29) is 0 Å². The quantitative estimate of drug-likeness (QED) is 0.491. The van der Waals surface area contributed by atoms with E-state index in [4.69, 9.17) is 11.6 Å². The van der Waals surface area contributed by atoms with E-state index in [1.807, 2.05) is 6.92 Å². The van der Waals surface area contributed by atoms with Gasteiger partial charge in [-0.05, 0) is 19.3 Å². The molecule has 0 heterocycles. The van der Waals surface area contributed by atoms with Crippen LogP contribution >= 0.6 is 11.6 Å². The standard InChI is InChI=1S/C6H12Cl/c1-5(2)4-6(3)7/h6H,4H2,1-3H3. The molecule has 0 bridgehead atoms. The molecule has 1 radical (unpaired) electrons. The van der Waals surface area contributed by atoms with Crippen LogP contribution in [0, 0.1) is 5.92 Å². The summed E-state index contributed by atoms with van der Waals surface area (Å²) in [6.45, 7) is 6.20. The first-order valence-corrected chi connectivity index (χ1v) is 2.99. The topological polar surface area (TPSA) is 0 Å². The summed E-state index contributed by atoms with van der Waals surface area (Å²) >= 11 is 5.65. The SMILES string of the molecule is C[C](C)CC(C)Cl. The van der Waals surface area contributed by atoms with Gasteiger partial charge in [0.15, 0.2) is 0 Å². The van der Waals surface area contributed by atoms with Gasteiger partial charge in [0.05, 0.1) is 0 Å². The van der Waals surface area contributed by atoms with Gasteiger partial charge in [-0.3, -0.25) is 0 Å². The van der Waals surface area contributed by atoms with Crippen LogP contribution in [-0.4, -0.2) is 5.38 Å². The van der Waals surface area contributed by atoms with Crippen molar-refractivity contribution in [1.29, 1.82) is 0 Å². The molecule has 43 valence electrons. The molecule has 0 saturated heterocycles. The minimum absolute atomic E-state index is 0.310. The molecule has 0 aliphatic carbocycles. The monoisotopic (exact) mass is 119 g/mol. The summed E-state index contributed by atoms with van der Waals surface area (Å²) < 4.78 is 0. The fraction of sp³-hybridized carbons (Fsp3) is 0.833. The predicted octanol–water partition coefficient (Wildman–Crippen LogP) is 2.62. The summed E-state index contributed by atoms with van der Waals surface area (Å²) in [7, 11) is 0. The fourth-order valence-electron chi connectivity index (χ4n) is 0.563. The molecule has 1 unspecified atom stereocenters. The molecule has 0 N–H and O–H groups in total. The van der Waals surface area contributed by atoms with Crippen molar-refractivity contribution in [2.45, 2.75) is 32.6 Å². The number of rotatable bonds is 2. The Morgan fingerprint density at radius 3 is 2.00 bits per heavy atom. The van der Waals surface area contributed by atoms with Crippen LogP contribution in [0.5, 0.6) is 0 Å². The highest BCUT2D eigenvalue weighted by molar-refractivity contribution is 6.20. The van der Waals surface area contributed by atoms with E-state index >= 15 is 0 Å². The van der Waals surface area contributed by atoms with Crippen molar-refractivity contribution in [1.82, 2.24) is 0 Å². The Morgan fingerprint density at radius 2 is 2.00 bits per heavy atom. The number of alkyl halides is 1. The Morgan fingerprint density at radius 1 is 1.57 bits per heavy atom. The van der Waals surface area contributed by atoms with Crippen molar-refractivity contribution in [2.24, 2.45) is 0 Å². The van der Waals surface area contributed by atoms with Gasteiger partial charge < -0.3 is 0 Å². The van der Waals surface area contributed by atoms with Gasteiger partial charge in [0.1, 0.15) is 0 Å². The summed E-state index contributed by atoms with van der Waals surface area (Å²) in [5.74, 6) is 1.41. The lowest BCUT2D eigenvalue weighted by Crippen LogP contribution is -1.94. The number of hydrogen-bond donors (Lipinski definition) is 0. The second kappa shape index (κ2) is 3.31. The van der Waals surface area contributed by atoms with Crippen LogP contribution in [0.15, 0.2) is 0 Å². The lowest BCUT2D eigenvalue weighted by Gasteiger charge is -2.02. The molecular weight excluding hydrogens is 108 g/mol. The van der Waals surface area contributed by atoms with E-state index in [1.165, 1.54) is 5.92 Å². The van der Waals surface area contributed by atoms with E-state index in [1.54, 1.807) is 0 Å². The van der Waals surface area contributed by atoms with Gasteiger partial charge >= 0.3 is 0 Å². The largest absolute Gasteiger partial charge is 0.123 e. The fourth-order valence-corrected chi connectivity index (χ4v) is 0.871. The molecular formula is C6H12Cl. The van der Waals surface area contributed by atoms with Crippen LogP contribution < -0.4 is 0 Å². The van der Waals surface area contributed by atoms with Crippen molar-refractivity contribution >= 4 is 11.6 Å². The zero-order chi connectivity index (χ0) is 5.86. The Kier molecular flexibility index (Phi) is 3.45. The first-order valence-electron chi connectivity index (χ1n) is 2.56. The number of halogens is 1. The Labute approximate surface area is 50.9 Å². The number of hydrogen-bond acceptors (Lipinski definition) is 0. The van der Waals surface area contributed by atoms with Crippen LogP contribution in [-0.2, 0) is 0 Å². The van der Waals surface area contributed by atoms with Crippen LogP contribution in [0.4, 0.5) is 0 Å². The van der Waals surface area contributed by atoms with Crippen LogP contribution in [0.2, 0.25) is 0 Å². The smallest absolute Gasteiger partial charge is 0.0313 e. The van der Waals surface area contributed by atoms with Crippen LogP contribution in [0.3, 0.4) is 0 Å². The third-order valence-corrected chi connectivity index (χ3v) is 0.844. The summed E-state index contributed by atoms with van der Waals surface area (Å²) in [4.78, 5) is 0. The third kappa shape index (κ3) is 6.29. The Bertz CT molecular complexity index is 33.4. The van der Waals surface area contributed by atoms with Gasteiger partial charge in [-0.2, -0.15) is 0 Å². The van der Waals surface area contributed by atoms with Crippen molar-refractivity contribution < 1.29 is 0 Å². The van der Waals surface area contributed by atoms with Crippen molar-refractivity contribution in [2.75, 3.05) is 0 Å². The van der Waals surface area contributed by atoms with Crippen molar-refractivity contribution in [3.05, 3.63) is 5.92 Å². The van der Waals surface area contributed by atoms with Gasteiger partial charge in [0.2, 0.25) is 0 Å². The maximum atomic E-state index is 5.65. The molecule has 0 aliphatic heterocycles. The van der Waals surface area contributed by atoms with Gasteiger partial charge in [-0.1, -0.05) is 13.8 Å². The van der Waals surface area contributed by atoms with E-state index < -0.39 is 0 Å². The van der Waals surface area contributed by atoms with Crippen molar-refractivity contribution in [3.63, 3.8) is 0 Å². The maximum absolute atomic E-state index is 5.65. The second-order valence-electron chi connectivity index (χ2n) is 2.19. The molecule has 0 spiro atoms. The van der Waals surface area contributed by atoms with Gasteiger partial charge in [-0.15, -0.1) is 11.6 Å². The Balaban J connectivity index is 2.95. The highest BCUT2D eigenvalue weighted by Gasteiger charge is 1.98. The van der Waals surface area contributed by atoms with Gasteiger partial charge in [-0.25, -0.2) is 0 Å². The molecule has 0 rings (SSSR count). The lowest BCUT2D eigenvalue weighted by molar-refractivity contribution is 0.815. The summed E-state index contributed by atoms with van der Waals surface area (Å²) in [6, 6.07) is 0. The first-order chi connectivity index (χ1) is 3.13. The Hall–Kier alpha value is 0.290. The molecule has 0 fully saturated rings. The van der Waals surface area contributed by atoms with Gasteiger partial charge in [0, 0.05) is 5.38 Å². The summed E-state index contributed by atoms with van der Waals surface area (Å²) in [6.07, 6.45) is 1.04. The molecule has 0 saturated carbocycles. The molecule has 1 heteroatoms. The molecule has 0 aromatic carbocycles. The van der Waals surface area contributed by atoms with Crippen LogP contribution in [0.25, 0.3) is 0 Å². The normalized spacial score (nSPS) is 15.0. The molecule has 0 nitrogen and oxygen atoms in total. The van der Waals surface area contributed by atoms with Gasteiger partial charge in [0.25, 0.3) is 0 Å². The average molecular weight is 120 g/mol. The highest BCUT2D eigenvalue weighted by Crippen LogP contribution is 2.10. The zero-order valence-corrected chi connectivity index (χ0v) is 5.92. The van der Waals surface area contributed by atoms with E-state index in [9.17, 15) is 0 Å². The molecule has 0 amide bonds. The molecule has 0 aliphatic rings. The summed E-state index contributed by atoms with van der Waals surface area (Å²) in [5.41, 5.74) is 0. The van der Waals surface area contributed by atoms with E-state index in [0.29, 0.717) is 5.38 Å². The highest BCUT2D eigenvalue weighted by atomic mass is 35.5. The molecule has 1 atom stereocenters. The minimum atomic E-state index is 0.310. The van der Waals surface area contributed by atoms with Crippen LogP contribution in [0.1, 0.15) is 27.2 Å². The van der Waals surface area contributed by atoms with Crippen molar-refractivity contribution in [3.8, 4) is 0 Å². The minimum Gasteiger partial charge on any atom is -0.123 e. The molecule has 7 heavy (non-hydrogen) atoms.